The van der Waals surface area contributed by atoms with E-state index in [1.54, 1.807) is 12.5 Å². The van der Waals surface area contributed by atoms with Gasteiger partial charge in [-0.3, -0.25) is 4.79 Å². The maximum atomic E-state index is 12.5. The summed E-state index contributed by atoms with van der Waals surface area (Å²) in [5, 5.41) is 0. The molecule has 3 atom stereocenters. The van der Waals surface area contributed by atoms with Gasteiger partial charge in [-0.15, -0.1) is 0 Å². The van der Waals surface area contributed by atoms with E-state index in [2.05, 4.69) is 19.6 Å². The number of furan rings is 1. The zero-order chi connectivity index (χ0) is 19.0. The Bertz CT molecular complexity index is 810. The second-order valence-corrected chi connectivity index (χ2v) is 12.5. The summed E-state index contributed by atoms with van der Waals surface area (Å²) in [5.41, 5.74) is 1.98. The number of fused-ring (bicyclic) bond motifs is 1. The highest BCUT2D eigenvalue weighted by atomic mass is 28.4. The van der Waals surface area contributed by atoms with Crippen molar-refractivity contribution in [2.24, 2.45) is 11.8 Å². The Balaban J connectivity index is 1.59. The van der Waals surface area contributed by atoms with E-state index in [1.807, 2.05) is 24.3 Å². The SMILES string of the molecule is C[Si](C)(C)O[C@H](c1ccoc1)[C@H]1COC(=O)[C@@H]1Cc1ccc2c(c1)OCO2. The summed E-state index contributed by atoms with van der Waals surface area (Å²) in [5.74, 6) is 0.946. The first kappa shape index (κ1) is 18.1. The van der Waals surface area contributed by atoms with Crippen LogP contribution in [0.15, 0.2) is 41.2 Å². The van der Waals surface area contributed by atoms with Gasteiger partial charge < -0.3 is 23.1 Å². The minimum absolute atomic E-state index is 0.0627. The molecule has 0 N–H and O–H groups in total. The van der Waals surface area contributed by atoms with Crippen LogP contribution in [0.2, 0.25) is 19.6 Å². The van der Waals surface area contributed by atoms with E-state index in [1.165, 1.54) is 0 Å². The van der Waals surface area contributed by atoms with E-state index in [-0.39, 0.29) is 30.7 Å². The van der Waals surface area contributed by atoms with E-state index in [0.29, 0.717) is 13.0 Å². The number of carbonyl (C=O) groups is 1. The molecule has 27 heavy (non-hydrogen) atoms. The third-order valence-corrected chi connectivity index (χ3v) is 5.83. The van der Waals surface area contributed by atoms with E-state index < -0.39 is 8.32 Å². The molecule has 1 aromatic heterocycles. The first-order valence-electron chi connectivity index (χ1n) is 9.16. The lowest BCUT2D eigenvalue weighted by atomic mass is 9.83. The van der Waals surface area contributed by atoms with Crippen molar-refractivity contribution >= 4 is 14.3 Å². The molecular formula is C20H24O6Si. The number of carbonyl (C=O) groups excluding carboxylic acids is 1. The fraction of sp³-hybridized carbons (Fsp3) is 0.450. The summed E-state index contributed by atoms with van der Waals surface area (Å²) < 4.78 is 28.0. The van der Waals surface area contributed by atoms with Crippen molar-refractivity contribution in [1.29, 1.82) is 0 Å². The molecule has 0 aliphatic carbocycles. The van der Waals surface area contributed by atoms with Crippen LogP contribution in [-0.2, 0) is 20.4 Å². The highest BCUT2D eigenvalue weighted by molar-refractivity contribution is 6.69. The molecule has 0 unspecified atom stereocenters. The maximum absolute atomic E-state index is 12.5. The molecule has 1 saturated heterocycles. The predicted octanol–water partition coefficient (Wildman–Crippen LogP) is 3.93. The van der Waals surface area contributed by atoms with Crippen molar-refractivity contribution < 1.29 is 27.8 Å². The lowest BCUT2D eigenvalue weighted by Crippen LogP contribution is -2.34. The number of hydrogen-bond donors (Lipinski definition) is 0. The number of ether oxygens (including phenoxy) is 3. The number of benzene rings is 1. The summed E-state index contributed by atoms with van der Waals surface area (Å²) in [6, 6.07) is 7.71. The van der Waals surface area contributed by atoms with Crippen LogP contribution in [0.4, 0.5) is 0 Å². The van der Waals surface area contributed by atoms with Gasteiger partial charge in [0.2, 0.25) is 6.79 Å². The monoisotopic (exact) mass is 388 g/mol. The Morgan fingerprint density at radius 3 is 2.70 bits per heavy atom. The summed E-state index contributed by atoms with van der Waals surface area (Å²) in [4.78, 5) is 12.5. The molecule has 1 fully saturated rings. The van der Waals surface area contributed by atoms with Crippen LogP contribution in [0.5, 0.6) is 11.5 Å². The second kappa shape index (κ2) is 7.05. The van der Waals surface area contributed by atoms with E-state index in [0.717, 1.165) is 22.6 Å². The summed E-state index contributed by atoms with van der Waals surface area (Å²) in [6.45, 7) is 7.02. The van der Waals surface area contributed by atoms with Crippen LogP contribution >= 0.6 is 0 Å². The van der Waals surface area contributed by atoms with Gasteiger partial charge in [-0.1, -0.05) is 6.07 Å². The van der Waals surface area contributed by atoms with Gasteiger partial charge in [0.1, 0.15) is 0 Å². The standard InChI is InChI=1S/C20H24O6Si/c1-27(2,3)26-19(14-6-7-22-10-14)16-11-23-20(21)15(16)8-13-4-5-17-18(9-13)25-12-24-17/h4-7,9-10,15-16,19H,8,11-12H2,1-3H3/t15-,16+,19-/m1/s1. The quantitative estimate of drug-likeness (QED) is 0.552. The average Bonchev–Trinajstić information content (AvgIpc) is 3.34. The molecule has 2 aliphatic heterocycles. The number of hydrogen-bond acceptors (Lipinski definition) is 6. The van der Waals surface area contributed by atoms with Crippen molar-refractivity contribution in [3.8, 4) is 11.5 Å². The molecular weight excluding hydrogens is 364 g/mol. The minimum Gasteiger partial charge on any atom is -0.472 e. The molecule has 1 aromatic carbocycles. The summed E-state index contributed by atoms with van der Waals surface area (Å²) >= 11 is 0. The smallest absolute Gasteiger partial charge is 0.309 e. The normalized spacial score (nSPS) is 22.7. The van der Waals surface area contributed by atoms with Gasteiger partial charge in [0, 0.05) is 11.5 Å². The Kier molecular flexibility index (Phi) is 4.73. The first-order chi connectivity index (χ1) is 12.9. The number of rotatable bonds is 6. The molecule has 0 spiro atoms. The van der Waals surface area contributed by atoms with Crippen LogP contribution in [0.25, 0.3) is 0 Å². The lowest BCUT2D eigenvalue weighted by molar-refractivity contribution is -0.141. The van der Waals surface area contributed by atoms with Crippen LogP contribution in [0.3, 0.4) is 0 Å². The van der Waals surface area contributed by atoms with Gasteiger partial charge in [-0.25, -0.2) is 0 Å². The molecule has 2 aliphatic rings. The Morgan fingerprint density at radius 2 is 1.96 bits per heavy atom. The third-order valence-electron chi connectivity index (χ3n) is 4.87. The van der Waals surface area contributed by atoms with E-state index in [9.17, 15) is 4.79 Å². The van der Waals surface area contributed by atoms with Gasteiger partial charge in [0.15, 0.2) is 19.8 Å². The third kappa shape index (κ3) is 3.89. The predicted molar refractivity (Wildman–Crippen MR) is 100 cm³/mol. The second-order valence-electron chi connectivity index (χ2n) is 8.00. The zero-order valence-electron chi connectivity index (χ0n) is 15.8. The van der Waals surface area contributed by atoms with Gasteiger partial charge >= 0.3 is 5.97 Å². The highest BCUT2D eigenvalue weighted by Crippen LogP contribution is 2.41. The molecule has 6 nitrogen and oxygen atoms in total. The average molecular weight is 388 g/mol. The van der Waals surface area contributed by atoms with E-state index >= 15 is 0 Å². The Morgan fingerprint density at radius 1 is 1.15 bits per heavy atom. The summed E-state index contributed by atoms with van der Waals surface area (Å²) in [6.07, 6.45) is 3.69. The largest absolute Gasteiger partial charge is 0.472 e. The van der Waals surface area contributed by atoms with Gasteiger partial charge in [0.25, 0.3) is 0 Å². The Hall–Kier alpha value is -2.25. The van der Waals surface area contributed by atoms with E-state index in [4.69, 9.17) is 23.1 Å². The first-order valence-corrected chi connectivity index (χ1v) is 12.6. The van der Waals surface area contributed by atoms with Crippen molar-refractivity contribution in [2.45, 2.75) is 32.2 Å². The van der Waals surface area contributed by atoms with Crippen LogP contribution < -0.4 is 9.47 Å². The molecule has 0 saturated carbocycles. The highest BCUT2D eigenvalue weighted by Gasteiger charge is 2.44. The molecule has 4 rings (SSSR count). The molecule has 3 heterocycles. The van der Waals surface area contributed by atoms with Gasteiger partial charge in [0.05, 0.1) is 31.2 Å². The van der Waals surface area contributed by atoms with Crippen molar-refractivity contribution in [3.63, 3.8) is 0 Å². The molecule has 2 aromatic rings. The molecule has 144 valence electrons. The van der Waals surface area contributed by atoms with Crippen molar-refractivity contribution in [1.82, 2.24) is 0 Å². The van der Waals surface area contributed by atoms with Crippen LogP contribution in [0, 0.1) is 11.8 Å². The molecule has 0 bridgehead atoms. The maximum Gasteiger partial charge on any atom is 0.309 e. The molecule has 0 radical (unpaired) electrons. The number of esters is 1. The van der Waals surface area contributed by atoms with Crippen molar-refractivity contribution in [2.75, 3.05) is 13.4 Å². The van der Waals surface area contributed by atoms with Crippen LogP contribution in [0.1, 0.15) is 17.2 Å². The van der Waals surface area contributed by atoms with Crippen LogP contribution in [-0.4, -0.2) is 27.7 Å². The Labute approximate surface area is 159 Å². The van der Waals surface area contributed by atoms with Gasteiger partial charge in [-0.05, 0) is 49.8 Å². The number of cyclic esters (lactones) is 1. The fourth-order valence-electron chi connectivity index (χ4n) is 3.65. The molecule has 0 amide bonds. The van der Waals surface area contributed by atoms with Gasteiger partial charge in [-0.2, -0.15) is 0 Å². The molecule has 7 heteroatoms. The fourth-order valence-corrected chi connectivity index (χ4v) is 4.72. The zero-order valence-corrected chi connectivity index (χ0v) is 16.8. The van der Waals surface area contributed by atoms with Crippen molar-refractivity contribution in [3.05, 3.63) is 47.9 Å². The lowest BCUT2D eigenvalue weighted by Gasteiger charge is -2.31. The minimum atomic E-state index is -1.85. The summed E-state index contributed by atoms with van der Waals surface area (Å²) in [7, 11) is -1.85. The topological polar surface area (TPSA) is 67.1 Å².